The lowest BCUT2D eigenvalue weighted by atomic mass is 10.1. The van der Waals surface area contributed by atoms with Crippen molar-refractivity contribution in [2.45, 2.75) is 25.0 Å². The summed E-state index contributed by atoms with van der Waals surface area (Å²) in [6, 6.07) is 9.75. The lowest BCUT2D eigenvalue weighted by Gasteiger charge is -2.23. The van der Waals surface area contributed by atoms with Crippen LogP contribution in [0.15, 0.2) is 30.3 Å². The highest BCUT2D eigenvalue weighted by atomic mass is 16.5. The minimum atomic E-state index is -0.289. The molecule has 1 saturated carbocycles. The van der Waals surface area contributed by atoms with Crippen molar-refractivity contribution in [1.82, 2.24) is 10.6 Å². The van der Waals surface area contributed by atoms with Gasteiger partial charge in [0.15, 0.2) is 0 Å². The van der Waals surface area contributed by atoms with E-state index in [-0.39, 0.29) is 11.6 Å². The Hall–Kier alpha value is -1.55. The van der Waals surface area contributed by atoms with Crippen molar-refractivity contribution in [2.24, 2.45) is 5.92 Å². The van der Waals surface area contributed by atoms with Crippen molar-refractivity contribution < 1.29 is 9.53 Å². The van der Waals surface area contributed by atoms with Gasteiger partial charge < -0.3 is 15.4 Å². The van der Waals surface area contributed by atoms with Crippen molar-refractivity contribution in [3.05, 3.63) is 35.9 Å². The molecule has 96 valence electrons. The fourth-order valence-corrected chi connectivity index (χ4v) is 2.72. The summed E-state index contributed by atoms with van der Waals surface area (Å²) in [6.07, 6.45) is 1.81. The van der Waals surface area contributed by atoms with Crippen LogP contribution >= 0.6 is 0 Å². The Bertz CT molecular complexity index is 435. The molecule has 1 heterocycles. The minimum Gasteiger partial charge on any atom is -0.445 e. The lowest BCUT2D eigenvalue weighted by molar-refractivity contribution is 0.131. The van der Waals surface area contributed by atoms with Crippen LogP contribution < -0.4 is 10.6 Å². The molecular formula is C14H18N2O2. The second kappa shape index (κ2) is 4.61. The third-order valence-corrected chi connectivity index (χ3v) is 3.93. The number of amides is 1. The molecule has 1 saturated heterocycles. The van der Waals surface area contributed by atoms with Gasteiger partial charge in [0.25, 0.3) is 0 Å². The maximum absolute atomic E-state index is 11.8. The van der Waals surface area contributed by atoms with Gasteiger partial charge in [-0.3, -0.25) is 0 Å². The van der Waals surface area contributed by atoms with E-state index in [9.17, 15) is 4.79 Å². The van der Waals surface area contributed by atoms with Crippen LogP contribution in [0, 0.1) is 5.92 Å². The average Bonchev–Trinajstić information content (AvgIpc) is 3.11. The van der Waals surface area contributed by atoms with Crippen LogP contribution in [0.2, 0.25) is 0 Å². The molecule has 1 aromatic carbocycles. The van der Waals surface area contributed by atoms with Crippen LogP contribution in [0.1, 0.15) is 18.4 Å². The van der Waals surface area contributed by atoms with E-state index >= 15 is 0 Å². The molecule has 1 amide bonds. The molecule has 2 N–H and O–H groups in total. The molecule has 3 rings (SSSR count). The Morgan fingerprint density at radius 2 is 2.28 bits per heavy atom. The molecule has 4 heteroatoms. The number of carbonyl (C=O) groups excluding carboxylic acids is 1. The minimum absolute atomic E-state index is 0.0268. The Balaban J connectivity index is 1.48. The fraction of sp³-hybridized carbons (Fsp3) is 0.500. The van der Waals surface area contributed by atoms with Gasteiger partial charge in [-0.1, -0.05) is 30.3 Å². The van der Waals surface area contributed by atoms with Gasteiger partial charge in [0, 0.05) is 12.1 Å². The standard InChI is InChI=1S/C14H18N2O2/c17-13(18-10-11-4-2-1-3-5-11)16-14-6-7-15-9-12(14)8-14/h1-5,12,15H,6-10H2,(H,16,17). The maximum atomic E-state index is 11.8. The van der Waals surface area contributed by atoms with Gasteiger partial charge in [0.1, 0.15) is 6.61 Å². The van der Waals surface area contributed by atoms with Crippen LogP contribution in [0.4, 0.5) is 4.79 Å². The fourth-order valence-electron chi connectivity index (χ4n) is 2.72. The summed E-state index contributed by atoms with van der Waals surface area (Å²) in [5.74, 6) is 0.593. The maximum Gasteiger partial charge on any atom is 0.407 e. The molecule has 1 aliphatic heterocycles. The number of hydrogen-bond acceptors (Lipinski definition) is 3. The summed E-state index contributed by atoms with van der Waals surface area (Å²) in [5.41, 5.74) is 1.04. The number of hydrogen-bond donors (Lipinski definition) is 2. The molecule has 2 aliphatic rings. The van der Waals surface area contributed by atoms with Crippen molar-refractivity contribution in [3.8, 4) is 0 Å². The molecule has 1 aliphatic carbocycles. The van der Waals surface area contributed by atoms with Gasteiger partial charge in [-0.15, -0.1) is 0 Å². The van der Waals surface area contributed by atoms with Crippen LogP contribution in [0.5, 0.6) is 0 Å². The van der Waals surface area contributed by atoms with Gasteiger partial charge in [0.2, 0.25) is 0 Å². The average molecular weight is 246 g/mol. The number of piperidine rings is 1. The highest BCUT2D eigenvalue weighted by Gasteiger charge is 2.56. The van der Waals surface area contributed by atoms with Gasteiger partial charge >= 0.3 is 6.09 Å². The first-order valence-electron chi connectivity index (χ1n) is 6.48. The molecule has 2 unspecified atom stereocenters. The summed E-state index contributed by atoms with van der Waals surface area (Å²) in [4.78, 5) is 11.8. The number of benzene rings is 1. The van der Waals surface area contributed by atoms with Gasteiger partial charge in [0.05, 0.1) is 0 Å². The third-order valence-electron chi connectivity index (χ3n) is 3.93. The Kier molecular flexibility index (Phi) is 2.96. The van der Waals surface area contributed by atoms with Crippen molar-refractivity contribution in [3.63, 3.8) is 0 Å². The molecule has 0 spiro atoms. The van der Waals surface area contributed by atoms with E-state index in [1.54, 1.807) is 0 Å². The first-order chi connectivity index (χ1) is 8.78. The Morgan fingerprint density at radius 3 is 3.06 bits per heavy atom. The number of fused-ring (bicyclic) bond motifs is 1. The van der Waals surface area contributed by atoms with Crippen molar-refractivity contribution in [2.75, 3.05) is 13.1 Å². The summed E-state index contributed by atoms with van der Waals surface area (Å²) in [6.45, 7) is 2.33. The van der Waals surface area contributed by atoms with E-state index in [0.29, 0.717) is 12.5 Å². The monoisotopic (exact) mass is 246 g/mol. The highest BCUT2D eigenvalue weighted by Crippen LogP contribution is 2.47. The first kappa shape index (κ1) is 11.5. The number of rotatable bonds is 3. The molecule has 0 radical (unpaired) electrons. The molecule has 0 aromatic heterocycles. The van der Waals surface area contributed by atoms with Crippen molar-refractivity contribution >= 4 is 6.09 Å². The van der Waals surface area contributed by atoms with Crippen LogP contribution in [0.3, 0.4) is 0 Å². The molecule has 18 heavy (non-hydrogen) atoms. The lowest BCUT2D eigenvalue weighted by Crippen LogP contribution is -2.45. The van der Waals surface area contributed by atoms with Gasteiger partial charge in [-0.2, -0.15) is 0 Å². The number of nitrogens with one attached hydrogen (secondary N) is 2. The largest absolute Gasteiger partial charge is 0.445 e. The molecule has 4 nitrogen and oxygen atoms in total. The van der Waals surface area contributed by atoms with E-state index in [0.717, 1.165) is 31.5 Å². The van der Waals surface area contributed by atoms with Crippen LogP contribution in [-0.4, -0.2) is 24.7 Å². The Morgan fingerprint density at radius 1 is 1.44 bits per heavy atom. The van der Waals surface area contributed by atoms with E-state index in [1.165, 1.54) is 0 Å². The topological polar surface area (TPSA) is 50.4 Å². The molecule has 2 fully saturated rings. The molecule has 1 aromatic rings. The van der Waals surface area contributed by atoms with Crippen molar-refractivity contribution in [1.29, 1.82) is 0 Å². The van der Waals surface area contributed by atoms with E-state index in [4.69, 9.17) is 4.74 Å². The van der Waals surface area contributed by atoms with Gasteiger partial charge in [-0.05, 0) is 30.9 Å². The first-order valence-corrected chi connectivity index (χ1v) is 6.48. The number of ether oxygens (including phenoxy) is 1. The van der Waals surface area contributed by atoms with Crippen LogP contribution in [-0.2, 0) is 11.3 Å². The molecule has 2 atom stereocenters. The van der Waals surface area contributed by atoms with E-state index in [1.807, 2.05) is 30.3 Å². The number of carbonyl (C=O) groups is 1. The van der Waals surface area contributed by atoms with Gasteiger partial charge in [-0.25, -0.2) is 4.79 Å². The zero-order chi connectivity index (χ0) is 12.4. The highest BCUT2D eigenvalue weighted by molar-refractivity contribution is 5.69. The van der Waals surface area contributed by atoms with E-state index < -0.39 is 0 Å². The molecule has 0 bridgehead atoms. The van der Waals surface area contributed by atoms with Crippen LogP contribution in [0.25, 0.3) is 0 Å². The quantitative estimate of drug-likeness (QED) is 0.853. The normalized spacial score (nSPS) is 29.2. The molecular weight excluding hydrogens is 228 g/mol. The Labute approximate surface area is 107 Å². The summed E-state index contributed by atoms with van der Waals surface area (Å²) in [7, 11) is 0. The smallest absolute Gasteiger partial charge is 0.407 e. The SMILES string of the molecule is O=C(NC12CCNCC1C2)OCc1ccccc1. The zero-order valence-corrected chi connectivity index (χ0v) is 10.3. The second-order valence-electron chi connectivity index (χ2n) is 5.20. The summed E-state index contributed by atoms with van der Waals surface area (Å²) >= 11 is 0. The second-order valence-corrected chi connectivity index (χ2v) is 5.20. The number of alkyl carbamates (subject to hydrolysis) is 1. The zero-order valence-electron chi connectivity index (χ0n) is 10.3. The predicted octanol–water partition coefficient (Wildman–Crippen LogP) is 1.66. The van der Waals surface area contributed by atoms with E-state index in [2.05, 4.69) is 10.6 Å². The predicted molar refractivity (Wildman–Crippen MR) is 68.1 cm³/mol. The summed E-state index contributed by atoms with van der Waals surface area (Å²) in [5, 5.41) is 6.38. The third kappa shape index (κ3) is 2.34. The summed E-state index contributed by atoms with van der Waals surface area (Å²) < 4.78 is 5.25.